The zero-order chi connectivity index (χ0) is 19.1. The summed E-state index contributed by atoms with van der Waals surface area (Å²) < 4.78 is 15.0. The summed E-state index contributed by atoms with van der Waals surface area (Å²) in [6.45, 7) is 7.05. The fourth-order valence-electron chi connectivity index (χ4n) is 2.48. The van der Waals surface area contributed by atoms with Crippen molar-refractivity contribution in [2.45, 2.75) is 27.3 Å². The number of amides is 1. The van der Waals surface area contributed by atoms with Crippen LogP contribution in [0.2, 0.25) is 0 Å². The average molecular weight is 488 g/mol. The average Bonchev–Trinajstić information content (AvgIpc) is 2.83. The molecule has 0 radical (unpaired) electrons. The fourth-order valence-corrected chi connectivity index (χ4v) is 2.48. The molecule has 7 nitrogen and oxygen atoms in total. The number of nitrogens with one attached hydrogen (secondary N) is 3. The van der Waals surface area contributed by atoms with E-state index in [0.29, 0.717) is 24.7 Å². The van der Waals surface area contributed by atoms with Crippen LogP contribution < -0.4 is 16.0 Å². The molecule has 1 amide bonds. The molecule has 1 heterocycles. The molecule has 0 bridgehead atoms. The number of aromatic nitrogens is 2. The van der Waals surface area contributed by atoms with Crippen molar-refractivity contribution in [2.75, 3.05) is 18.4 Å². The molecule has 1 aromatic heterocycles. The van der Waals surface area contributed by atoms with Crippen LogP contribution in [0.1, 0.15) is 23.9 Å². The molecule has 1 aromatic carbocycles. The molecule has 0 aliphatic carbocycles. The van der Waals surface area contributed by atoms with Crippen molar-refractivity contribution in [3.8, 4) is 0 Å². The minimum atomic E-state index is -0.395. The molecule has 0 unspecified atom stereocenters. The van der Waals surface area contributed by atoms with Gasteiger partial charge < -0.3 is 16.0 Å². The topological polar surface area (TPSA) is 83.3 Å². The van der Waals surface area contributed by atoms with E-state index in [1.807, 2.05) is 32.5 Å². The lowest BCUT2D eigenvalue weighted by Gasteiger charge is -2.11. The molecule has 2 rings (SSSR count). The van der Waals surface area contributed by atoms with E-state index in [1.54, 1.807) is 12.1 Å². The number of benzene rings is 1. The Kier molecular flexibility index (Phi) is 9.19. The maximum Gasteiger partial charge on any atom is 0.243 e. The standard InChI is InChI=1S/C18H25FN6O.HI/c1-5-20-18(21-10-16-12(2)24-25(4)13(16)3)22-11-17(26)23-15-8-6-7-14(19)9-15;/h6-9H,5,10-11H2,1-4H3,(H,23,26)(H2,20,21,22);1H. The molecule has 3 N–H and O–H groups in total. The lowest BCUT2D eigenvalue weighted by Crippen LogP contribution is -2.41. The molecule has 0 aliphatic heterocycles. The number of carbonyl (C=O) groups excluding carboxylic acids is 1. The summed E-state index contributed by atoms with van der Waals surface area (Å²) in [6, 6.07) is 5.77. The van der Waals surface area contributed by atoms with Gasteiger partial charge in [0, 0.05) is 30.5 Å². The van der Waals surface area contributed by atoms with Gasteiger partial charge in [-0.3, -0.25) is 9.48 Å². The molecule has 2 aromatic rings. The molecule has 0 spiro atoms. The van der Waals surface area contributed by atoms with Crippen LogP contribution in [0.3, 0.4) is 0 Å². The van der Waals surface area contributed by atoms with Gasteiger partial charge >= 0.3 is 0 Å². The Bertz CT molecular complexity index is 805. The summed E-state index contributed by atoms with van der Waals surface area (Å²) >= 11 is 0. The van der Waals surface area contributed by atoms with Crippen LogP contribution in [0.5, 0.6) is 0 Å². The highest BCUT2D eigenvalue weighted by Crippen LogP contribution is 2.12. The van der Waals surface area contributed by atoms with Gasteiger partial charge in [-0.2, -0.15) is 5.10 Å². The zero-order valence-corrected chi connectivity index (χ0v) is 18.3. The van der Waals surface area contributed by atoms with Crippen molar-refractivity contribution in [3.05, 3.63) is 47.0 Å². The zero-order valence-electron chi connectivity index (χ0n) is 16.0. The van der Waals surface area contributed by atoms with Crippen LogP contribution in [0.25, 0.3) is 0 Å². The highest BCUT2D eigenvalue weighted by atomic mass is 127. The second-order valence-corrected chi connectivity index (χ2v) is 5.88. The summed E-state index contributed by atoms with van der Waals surface area (Å²) in [5, 5.41) is 13.1. The van der Waals surface area contributed by atoms with Crippen LogP contribution in [0.4, 0.5) is 10.1 Å². The van der Waals surface area contributed by atoms with Crippen molar-refractivity contribution in [1.82, 2.24) is 20.4 Å². The molecule has 148 valence electrons. The van der Waals surface area contributed by atoms with Crippen molar-refractivity contribution in [1.29, 1.82) is 0 Å². The van der Waals surface area contributed by atoms with Crippen molar-refractivity contribution in [3.63, 3.8) is 0 Å². The summed E-state index contributed by atoms with van der Waals surface area (Å²) in [4.78, 5) is 16.5. The van der Waals surface area contributed by atoms with Gasteiger partial charge in [0.25, 0.3) is 0 Å². The van der Waals surface area contributed by atoms with E-state index in [-0.39, 0.29) is 36.4 Å². The number of carbonyl (C=O) groups is 1. The lowest BCUT2D eigenvalue weighted by atomic mass is 10.2. The first-order valence-corrected chi connectivity index (χ1v) is 8.47. The number of aryl methyl sites for hydroxylation is 2. The van der Waals surface area contributed by atoms with E-state index in [0.717, 1.165) is 17.0 Å². The lowest BCUT2D eigenvalue weighted by molar-refractivity contribution is -0.115. The predicted molar refractivity (Wildman–Crippen MR) is 116 cm³/mol. The van der Waals surface area contributed by atoms with Crippen molar-refractivity contribution in [2.24, 2.45) is 12.0 Å². The number of nitrogens with zero attached hydrogens (tertiary/aromatic N) is 3. The molecular formula is C18H26FIN6O. The summed E-state index contributed by atoms with van der Waals surface area (Å²) in [5.74, 6) is -0.146. The molecular weight excluding hydrogens is 462 g/mol. The van der Waals surface area contributed by atoms with Crippen LogP contribution in [-0.4, -0.2) is 34.7 Å². The quantitative estimate of drug-likeness (QED) is 0.332. The maximum absolute atomic E-state index is 13.2. The molecule has 0 saturated carbocycles. The van der Waals surface area contributed by atoms with Crippen molar-refractivity contribution >= 4 is 41.5 Å². The van der Waals surface area contributed by atoms with E-state index in [4.69, 9.17) is 0 Å². The van der Waals surface area contributed by atoms with Gasteiger partial charge in [-0.1, -0.05) is 6.07 Å². The Morgan fingerprint density at radius 2 is 2.04 bits per heavy atom. The van der Waals surface area contributed by atoms with E-state index in [1.165, 1.54) is 12.1 Å². The number of hydrogen-bond donors (Lipinski definition) is 3. The predicted octanol–water partition coefficient (Wildman–Crippen LogP) is 2.49. The Morgan fingerprint density at radius 1 is 1.30 bits per heavy atom. The number of halogens is 2. The van der Waals surface area contributed by atoms with Gasteiger partial charge in [0.15, 0.2) is 5.96 Å². The Labute approximate surface area is 175 Å². The number of hydrogen-bond acceptors (Lipinski definition) is 3. The number of anilines is 1. The normalized spacial score (nSPS) is 10.9. The second kappa shape index (κ2) is 10.9. The minimum absolute atomic E-state index is 0. The van der Waals surface area contributed by atoms with Crippen LogP contribution in [0.15, 0.2) is 29.3 Å². The Morgan fingerprint density at radius 3 is 2.63 bits per heavy atom. The third-order valence-electron chi connectivity index (χ3n) is 3.92. The summed E-state index contributed by atoms with van der Waals surface area (Å²) in [7, 11) is 1.90. The number of rotatable bonds is 6. The Balaban J connectivity index is 0.00000364. The SMILES string of the molecule is CCNC(=NCc1c(C)nn(C)c1C)NCC(=O)Nc1cccc(F)c1.I. The van der Waals surface area contributed by atoms with Crippen LogP contribution >= 0.6 is 24.0 Å². The van der Waals surface area contributed by atoms with E-state index < -0.39 is 5.82 Å². The van der Waals surface area contributed by atoms with E-state index in [2.05, 4.69) is 26.0 Å². The fraction of sp³-hybridized carbons (Fsp3) is 0.389. The monoisotopic (exact) mass is 488 g/mol. The van der Waals surface area contributed by atoms with Crippen LogP contribution in [-0.2, 0) is 18.4 Å². The third kappa shape index (κ3) is 6.81. The smallest absolute Gasteiger partial charge is 0.243 e. The minimum Gasteiger partial charge on any atom is -0.357 e. The maximum atomic E-state index is 13.2. The largest absolute Gasteiger partial charge is 0.357 e. The highest BCUT2D eigenvalue weighted by molar-refractivity contribution is 14.0. The van der Waals surface area contributed by atoms with Gasteiger partial charge in [0.2, 0.25) is 5.91 Å². The molecule has 0 saturated heterocycles. The second-order valence-electron chi connectivity index (χ2n) is 5.88. The van der Waals surface area contributed by atoms with Gasteiger partial charge in [-0.15, -0.1) is 24.0 Å². The molecule has 0 aliphatic rings. The first-order valence-electron chi connectivity index (χ1n) is 8.47. The van der Waals surface area contributed by atoms with E-state index in [9.17, 15) is 9.18 Å². The molecule has 0 fully saturated rings. The molecule has 27 heavy (non-hydrogen) atoms. The van der Waals surface area contributed by atoms with Crippen LogP contribution in [0, 0.1) is 19.7 Å². The summed E-state index contributed by atoms with van der Waals surface area (Å²) in [5.41, 5.74) is 3.48. The highest BCUT2D eigenvalue weighted by Gasteiger charge is 2.10. The van der Waals surface area contributed by atoms with Gasteiger partial charge in [0.1, 0.15) is 5.82 Å². The Hall–Kier alpha value is -2.17. The molecule has 0 atom stereocenters. The van der Waals surface area contributed by atoms with Crippen molar-refractivity contribution < 1.29 is 9.18 Å². The van der Waals surface area contributed by atoms with E-state index >= 15 is 0 Å². The molecule has 9 heteroatoms. The third-order valence-corrected chi connectivity index (χ3v) is 3.92. The number of aliphatic imine (C=N–C) groups is 1. The van der Waals surface area contributed by atoms with Gasteiger partial charge in [-0.05, 0) is 39.0 Å². The first-order chi connectivity index (χ1) is 12.4. The first kappa shape index (κ1) is 22.9. The van der Waals surface area contributed by atoms with Gasteiger partial charge in [0.05, 0.1) is 18.8 Å². The van der Waals surface area contributed by atoms with Gasteiger partial charge in [-0.25, -0.2) is 9.38 Å². The summed E-state index contributed by atoms with van der Waals surface area (Å²) in [6.07, 6.45) is 0. The number of guanidine groups is 1.